The summed E-state index contributed by atoms with van der Waals surface area (Å²) in [5.74, 6) is 0. The second-order valence-corrected chi connectivity index (χ2v) is 4.12. The maximum Gasteiger partial charge on any atom is 0.179 e. The van der Waals surface area contributed by atoms with Gasteiger partial charge in [-0.05, 0) is 31.2 Å². The Hall–Kier alpha value is -1.38. The predicted molar refractivity (Wildman–Crippen MR) is 64.5 cm³/mol. The van der Waals surface area contributed by atoms with Crippen molar-refractivity contribution in [1.82, 2.24) is 0 Å². The van der Waals surface area contributed by atoms with E-state index in [1.54, 1.807) is 0 Å². The van der Waals surface area contributed by atoms with Crippen molar-refractivity contribution in [3.63, 3.8) is 0 Å². The van der Waals surface area contributed by atoms with E-state index in [4.69, 9.17) is 0 Å². The predicted octanol–water partition coefficient (Wildman–Crippen LogP) is -0.182. The molecule has 2 heteroatoms. The summed E-state index contributed by atoms with van der Waals surface area (Å²) in [7, 11) is 1.97. The van der Waals surface area contributed by atoms with E-state index in [0.29, 0.717) is 12.1 Å². The molecule has 1 aliphatic carbocycles. The summed E-state index contributed by atoms with van der Waals surface area (Å²) < 4.78 is 0. The first-order chi connectivity index (χ1) is 7.78. The van der Waals surface area contributed by atoms with Crippen LogP contribution in [0.1, 0.15) is 5.56 Å². The van der Waals surface area contributed by atoms with Crippen LogP contribution in [0.3, 0.4) is 0 Å². The van der Waals surface area contributed by atoms with Crippen LogP contribution in [0.4, 0.5) is 5.69 Å². The second kappa shape index (κ2) is 5.10. The van der Waals surface area contributed by atoms with E-state index in [-0.39, 0.29) is 0 Å². The van der Waals surface area contributed by atoms with E-state index >= 15 is 0 Å². The molecule has 0 heterocycles. The summed E-state index contributed by atoms with van der Waals surface area (Å²) in [5.41, 5.74) is 2.45. The van der Waals surface area contributed by atoms with Gasteiger partial charge < -0.3 is 0 Å². The molecule has 1 aromatic carbocycles. The molecule has 0 atom stereocenters. The number of hydrogen-bond acceptors (Lipinski definition) is 2. The van der Waals surface area contributed by atoms with Gasteiger partial charge in [0.2, 0.25) is 0 Å². The van der Waals surface area contributed by atoms with E-state index in [1.165, 1.54) is 5.56 Å². The van der Waals surface area contributed by atoms with E-state index in [9.17, 15) is 0 Å². The molecule has 2 nitrogen and oxygen atoms in total. The van der Waals surface area contributed by atoms with Gasteiger partial charge in [-0.25, -0.2) is 0 Å². The molecule has 0 saturated carbocycles. The molecule has 2 N–H and O–H groups in total. The summed E-state index contributed by atoms with van der Waals surface area (Å²) >= 11 is 0. The van der Waals surface area contributed by atoms with Gasteiger partial charge in [-0.3, -0.25) is 0 Å². The molecule has 82 valence electrons. The lowest BCUT2D eigenvalue weighted by Gasteiger charge is -2.07. The Morgan fingerprint density at radius 1 is 0.875 bits per heavy atom. The first-order valence-electron chi connectivity index (χ1n) is 5.65. The zero-order valence-corrected chi connectivity index (χ0v) is 9.77. The zero-order chi connectivity index (χ0) is 11.4. The maximum absolute atomic E-state index is 3.45. The van der Waals surface area contributed by atoms with Crippen molar-refractivity contribution >= 4 is 5.69 Å². The lowest BCUT2D eigenvalue weighted by atomic mass is 10.1. The third-order valence-electron chi connectivity index (χ3n) is 2.77. The smallest absolute Gasteiger partial charge is 0.175 e. The highest BCUT2D eigenvalue weighted by molar-refractivity contribution is 5.32. The van der Waals surface area contributed by atoms with Crippen molar-refractivity contribution in [3.05, 3.63) is 54.1 Å². The summed E-state index contributed by atoms with van der Waals surface area (Å²) in [6.07, 6.45) is 8.71. The molecule has 0 spiro atoms. The van der Waals surface area contributed by atoms with Crippen molar-refractivity contribution in [2.75, 3.05) is 7.05 Å². The van der Waals surface area contributed by atoms with Crippen LogP contribution < -0.4 is 10.6 Å². The Balaban J connectivity index is 1.97. The minimum Gasteiger partial charge on any atom is -0.175 e. The maximum atomic E-state index is 3.45. The Morgan fingerprint density at radius 2 is 1.44 bits per heavy atom. The molecule has 2 rings (SSSR count). The summed E-state index contributed by atoms with van der Waals surface area (Å²) in [5, 5.41) is 6.65. The molecule has 0 aliphatic heterocycles. The van der Waals surface area contributed by atoms with E-state index < -0.39 is 0 Å². The van der Waals surface area contributed by atoms with Crippen LogP contribution in [-0.4, -0.2) is 19.1 Å². The van der Waals surface area contributed by atoms with E-state index in [0.717, 1.165) is 5.69 Å². The summed E-state index contributed by atoms with van der Waals surface area (Å²) in [6, 6.07) is 9.13. The second-order valence-electron chi connectivity index (χ2n) is 4.12. The monoisotopic (exact) mass is 214 g/mol. The highest BCUT2D eigenvalue weighted by atomic mass is 14.9. The molecular weight excluding hydrogens is 196 g/mol. The van der Waals surface area contributed by atoms with Crippen molar-refractivity contribution in [2.45, 2.75) is 19.0 Å². The van der Waals surface area contributed by atoms with Crippen LogP contribution in [0, 0.1) is 6.92 Å². The van der Waals surface area contributed by atoms with Gasteiger partial charge in [0.1, 0.15) is 7.05 Å². The molecule has 0 fully saturated rings. The number of hydrogen-bond donors (Lipinski definition) is 2. The Morgan fingerprint density at radius 3 is 2.00 bits per heavy atom. The Kier molecular flexibility index (Phi) is 3.54. The van der Waals surface area contributed by atoms with Crippen LogP contribution in [0.5, 0.6) is 0 Å². The van der Waals surface area contributed by atoms with Gasteiger partial charge in [-0.2, -0.15) is 5.32 Å². The molecule has 16 heavy (non-hydrogen) atoms. The molecule has 0 unspecified atom stereocenters. The van der Waals surface area contributed by atoms with Crippen LogP contribution in [0.15, 0.2) is 48.6 Å². The first kappa shape index (κ1) is 11.1. The quantitative estimate of drug-likeness (QED) is 0.654. The number of aryl methyl sites for hydroxylation is 1. The molecule has 0 amide bonds. The topological polar surface area (TPSA) is 31.2 Å². The number of nitrogens with one attached hydrogen (secondary N) is 2. The standard InChI is InChI=1S/C14H18N2/c1-11-3-5-13(6-4-11)16-14-9-7-12(15-2)8-10-14/h3-10,12,14-16H,1-2H3/q+2. The molecule has 0 bridgehead atoms. The van der Waals surface area contributed by atoms with Gasteiger partial charge in [0.15, 0.2) is 17.8 Å². The Bertz CT molecular complexity index is 376. The van der Waals surface area contributed by atoms with Crippen molar-refractivity contribution in [1.29, 1.82) is 0 Å². The van der Waals surface area contributed by atoms with Crippen molar-refractivity contribution in [2.24, 2.45) is 0 Å². The van der Waals surface area contributed by atoms with Gasteiger partial charge >= 0.3 is 0 Å². The molecular formula is C14H18N2+2. The number of likely N-dealkylation sites (N-methyl/N-ethyl adjacent to an activating group) is 1. The minimum atomic E-state index is 0.298. The zero-order valence-electron chi connectivity index (χ0n) is 9.77. The van der Waals surface area contributed by atoms with Crippen LogP contribution in [0.25, 0.3) is 0 Å². The highest BCUT2D eigenvalue weighted by Gasteiger charge is 2.17. The third kappa shape index (κ3) is 2.81. The fraction of sp³-hybridized carbons (Fsp3) is 0.286. The fourth-order valence-electron chi connectivity index (χ4n) is 1.74. The average molecular weight is 214 g/mol. The van der Waals surface area contributed by atoms with Crippen LogP contribution >= 0.6 is 0 Å². The van der Waals surface area contributed by atoms with E-state index in [2.05, 4.69) is 66.1 Å². The molecule has 1 aromatic rings. The van der Waals surface area contributed by atoms with Crippen LogP contribution in [0.2, 0.25) is 0 Å². The SMILES string of the molecule is C[NH+]C1C=CC([NH+]c2ccc(C)cc2)C=C1. The summed E-state index contributed by atoms with van der Waals surface area (Å²) in [4.78, 5) is 0. The number of rotatable bonds is 3. The molecule has 1 aliphatic rings. The number of anilines is 1. The fourth-order valence-corrected chi connectivity index (χ4v) is 1.74. The van der Waals surface area contributed by atoms with Gasteiger partial charge in [-0.1, -0.05) is 17.7 Å². The van der Waals surface area contributed by atoms with Gasteiger partial charge in [0.25, 0.3) is 0 Å². The van der Waals surface area contributed by atoms with Crippen molar-refractivity contribution in [3.8, 4) is 0 Å². The number of benzene rings is 1. The van der Waals surface area contributed by atoms with E-state index in [1.807, 2.05) is 7.05 Å². The van der Waals surface area contributed by atoms with Crippen molar-refractivity contribution < 1.29 is 10.6 Å². The summed E-state index contributed by atoms with van der Waals surface area (Å²) in [6.45, 7) is 2.10. The minimum absolute atomic E-state index is 0.298. The van der Waals surface area contributed by atoms with Gasteiger partial charge in [0.05, 0.1) is 0 Å². The first-order valence-corrected chi connectivity index (χ1v) is 5.65. The Labute approximate surface area is 97.1 Å². The third-order valence-corrected chi connectivity index (χ3v) is 2.77. The van der Waals surface area contributed by atoms with Gasteiger partial charge in [-0.15, -0.1) is 5.32 Å². The average Bonchev–Trinajstić information content (AvgIpc) is 2.33. The van der Waals surface area contributed by atoms with Gasteiger partial charge in [0, 0.05) is 12.1 Å². The lowest BCUT2D eigenvalue weighted by Crippen LogP contribution is -2.87. The van der Waals surface area contributed by atoms with Crippen LogP contribution in [-0.2, 0) is 0 Å². The highest BCUT2D eigenvalue weighted by Crippen LogP contribution is 2.04. The molecule has 2 radical (unpaired) electrons. The largest absolute Gasteiger partial charge is 0.179 e. The molecule has 0 aromatic heterocycles. The normalized spacial score (nSPS) is 23.6. The molecule has 0 saturated heterocycles. The lowest BCUT2D eigenvalue weighted by molar-refractivity contribution is -0.643.